The number of nitrogens with one attached hydrogen (secondary N) is 1. The van der Waals surface area contributed by atoms with Gasteiger partial charge in [-0.3, -0.25) is 4.98 Å². The van der Waals surface area contributed by atoms with Crippen molar-refractivity contribution in [1.29, 1.82) is 0 Å². The number of rotatable bonds is 7. The van der Waals surface area contributed by atoms with E-state index in [4.69, 9.17) is 4.74 Å². The van der Waals surface area contributed by atoms with E-state index in [0.29, 0.717) is 25.7 Å². The van der Waals surface area contributed by atoms with Gasteiger partial charge in [-0.05, 0) is 31.4 Å². The zero-order valence-corrected chi connectivity index (χ0v) is 12.4. The van der Waals surface area contributed by atoms with Gasteiger partial charge in [-0.15, -0.1) is 0 Å². The third kappa shape index (κ3) is 4.85. The van der Waals surface area contributed by atoms with Crippen LogP contribution in [0.2, 0.25) is 0 Å². The summed E-state index contributed by atoms with van der Waals surface area (Å²) in [5.74, 6) is 0. The van der Waals surface area contributed by atoms with Crippen molar-refractivity contribution < 1.29 is 13.2 Å². The molecule has 0 amide bonds. The summed E-state index contributed by atoms with van der Waals surface area (Å²) in [6, 6.07) is 3.15. The Bertz CT molecular complexity index is 484. The molecule has 0 aliphatic heterocycles. The fourth-order valence-electron chi connectivity index (χ4n) is 2.35. The van der Waals surface area contributed by atoms with Gasteiger partial charge in [0.2, 0.25) is 10.0 Å². The highest BCUT2D eigenvalue weighted by Crippen LogP contribution is 2.20. The van der Waals surface area contributed by atoms with Gasteiger partial charge in [-0.2, -0.15) is 0 Å². The van der Waals surface area contributed by atoms with Crippen molar-refractivity contribution in [3.63, 3.8) is 0 Å². The average Bonchev–Trinajstić information content (AvgIpc) is 2.49. The van der Waals surface area contributed by atoms with E-state index in [0.717, 1.165) is 12.8 Å². The van der Waals surface area contributed by atoms with Crippen molar-refractivity contribution in [1.82, 2.24) is 9.71 Å². The second-order valence-corrected chi connectivity index (χ2v) is 6.84. The molecule has 5 nitrogen and oxygen atoms in total. The predicted octanol–water partition coefficient (Wildman–Crippen LogP) is 2.10. The second kappa shape index (κ2) is 7.71. The predicted molar refractivity (Wildman–Crippen MR) is 76.9 cm³/mol. The summed E-state index contributed by atoms with van der Waals surface area (Å²) in [6.07, 6.45) is 10.1. The number of sulfonamides is 1. The third-order valence-corrected chi connectivity index (χ3v) is 4.91. The van der Waals surface area contributed by atoms with Crippen LogP contribution in [0.25, 0.3) is 0 Å². The highest BCUT2D eigenvalue weighted by molar-refractivity contribution is 7.89. The van der Waals surface area contributed by atoms with Crippen LogP contribution in [0.15, 0.2) is 29.4 Å². The first-order valence-corrected chi connectivity index (χ1v) is 8.68. The van der Waals surface area contributed by atoms with E-state index in [-0.39, 0.29) is 4.90 Å². The van der Waals surface area contributed by atoms with Crippen LogP contribution in [-0.2, 0) is 14.8 Å². The molecule has 0 aromatic carbocycles. The fourth-order valence-corrected chi connectivity index (χ4v) is 3.39. The Morgan fingerprint density at radius 1 is 1.30 bits per heavy atom. The Kier molecular flexibility index (Phi) is 5.94. The number of hydrogen-bond acceptors (Lipinski definition) is 4. The molecule has 0 unspecified atom stereocenters. The Balaban J connectivity index is 1.65. The highest BCUT2D eigenvalue weighted by Gasteiger charge is 2.14. The van der Waals surface area contributed by atoms with E-state index in [1.807, 2.05) is 0 Å². The number of nitrogens with zero attached hydrogens (tertiary/aromatic N) is 1. The average molecular weight is 298 g/mol. The molecule has 1 heterocycles. The van der Waals surface area contributed by atoms with Crippen LogP contribution >= 0.6 is 0 Å². The van der Waals surface area contributed by atoms with Crippen molar-refractivity contribution in [3.05, 3.63) is 24.5 Å². The van der Waals surface area contributed by atoms with Gasteiger partial charge in [0.25, 0.3) is 0 Å². The van der Waals surface area contributed by atoms with Gasteiger partial charge in [-0.1, -0.05) is 19.3 Å². The van der Waals surface area contributed by atoms with Crippen LogP contribution in [-0.4, -0.2) is 32.7 Å². The summed E-state index contributed by atoms with van der Waals surface area (Å²) < 4.78 is 32.1. The topological polar surface area (TPSA) is 68.3 Å². The van der Waals surface area contributed by atoms with Crippen molar-refractivity contribution in [3.8, 4) is 0 Å². The second-order valence-electron chi connectivity index (χ2n) is 5.07. The molecule has 112 valence electrons. The van der Waals surface area contributed by atoms with Gasteiger partial charge in [-0.25, -0.2) is 13.1 Å². The van der Waals surface area contributed by atoms with E-state index >= 15 is 0 Å². The lowest BCUT2D eigenvalue weighted by Gasteiger charge is -2.21. The molecule has 1 aromatic rings. The van der Waals surface area contributed by atoms with Crippen LogP contribution in [0.1, 0.15) is 38.5 Å². The molecule has 1 aromatic heterocycles. The van der Waals surface area contributed by atoms with Crippen molar-refractivity contribution >= 4 is 10.0 Å². The maximum atomic E-state index is 11.9. The molecule has 0 saturated heterocycles. The quantitative estimate of drug-likeness (QED) is 0.783. The minimum Gasteiger partial charge on any atom is -0.378 e. The SMILES string of the molecule is O=S(=O)(NCCCOC1CCCCC1)c1cccnc1. The van der Waals surface area contributed by atoms with Crippen LogP contribution in [0.4, 0.5) is 0 Å². The Hall–Kier alpha value is -0.980. The number of ether oxygens (including phenoxy) is 1. The van der Waals surface area contributed by atoms with Gasteiger partial charge < -0.3 is 4.74 Å². The van der Waals surface area contributed by atoms with E-state index in [1.54, 1.807) is 12.3 Å². The summed E-state index contributed by atoms with van der Waals surface area (Å²) in [5.41, 5.74) is 0. The Morgan fingerprint density at radius 3 is 2.80 bits per heavy atom. The minimum atomic E-state index is -3.43. The molecular weight excluding hydrogens is 276 g/mol. The largest absolute Gasteiger partial charge is 0.378 e. The summed E-state index contributed by atoms with van der Waals surface area (Å²) in [7, 11) is -3.43. The molecule has 0 atom stereocenters. The lowest BCUT2D eigenvalue weighted by Crippen LogP contribution is -2.26. The third-order valence-electron chi connectivity index (χ3n) is 3.46. The van der Waals surface area contributed by atoms with Gasteiger partial charge in [0.15, 0.2) is 0 Å². The first-order valence-electron chi connectivity index (χ1n) is 7.20. The molecule has 1 aliphatic rings. The summed E-state index contributed by atoms with van der Waals surface area (Å²) >= 11 is 0. The van der Waals surface area contributed by atoms with Crippen LogP contribution in [0.5, 0.6) is 0 Å². The molecule has 0 bridgehead atoms. The van der Waals surface area contributed by atoms with E-state index in [9.17, 15) is 8.42 Å². The lowest BCUT2D eigenvalue weighted by molar-refractivity contribution is 0.0278. The molecule has 1 N–H and O–H groups in total. The van der Waals surface area contributed by atoms with E-state index < -0.39 is 10.0 Å². The molecule has 1 aliphatic carbocycles. The zero-order chi connectivity index (χ0) is 14.3. The molecular formula is C14H22N2O3S. The molecule has 2 rings (SSSR count). The summed E-state index contributed by atoms with van der Waals surface area (Å²) in [5, 5.41) is 0. The number of aromatic nitrogens is 1. The van der Waals surface area contributed by atoms with E-state index in [1.165, 1.54) is 31.5 Å². The Labute approximate surface area is 120 Å². The maximum absolute atomic E-state index is 11.9. The van der Waals surface area contributed by atoms with Gasteiger partial charge >= 0.3 is 0 Å². The van der Waals surface area contributed by atoms with Gasteiger partial charge in [0.1, 0.15) is 4.90 Å². The van der Waals surface area contributed by atoms with Crippen LogP contribution in [0.3, 0.4) is 0 Å². The first kappa shape index (κ1) is 15.4. The molecule has 20 heavy (non-hydrogen) atoms. The first-order chi connectivity index (χ1) is 9.68. The molecule has 1 fully saturated rings. The number of pyridine rings is 1. The van der Waals surface area contributed by atoms with Crippen molar-refractivity contribution in [2.45, 2.75) is 49.5 Å². The molecule has 0 spiro atoms. The monoisotopic (exact) mass is 298 g/mol. The van der Waals surface area contributed by atoms with Crippen molar-refractivity contribution in [2.24, 2.45) is 0 Å². The Morgan fingerprint density at radius 2 is 2.10 bits per heavy atom. The summed E-state index contributed by atoms with van der Waals surface area (Å²) in [4.78, 5) is 4.01. The fraction of sp³-hybridized carbons (Fsp3) is 0.643. The normalized spacial score (nSPS) is 17.2. The molecule has 6 heteroatoms. The van der Waals surface area contributed by atoms with Crippen LogP contribution < -0.4 is 4.72 Å². The lowest BCUT2D eigenvalue weighted by atomic mass is 9.98. The van der Waals surface area contributed by atoms with E-state index in [2.05, 4.69) is 9.71 Å². The molecule has 0 radical (unpaired) electrons. The van der Waals surface area contributed by atoms with Crippen molar-refractivity contribution in [2.75, 3.05) is 13.2 Å². The van der Waals surface area contributed by atoms with Gasteiger partial charge in [0, 0.05) is 25.5 Å². The summed E-state index contributed by atoms with van der Waals surface area (Å²) in [6.45, 7) is 1.00. The highest BCUT2D eigenvalue weighted by atomic mass is 32.2. The standard InChI is InChI=1S/C14H22N2O3S/c17-20(18,14-8-4-9-15-12-14)16-10-5-11-19-13-6-2-1-3-7-13/h4,8-9,12-13,16H,1-3,5-7,10-11H2. The van der Waals surface area contributed by atoms with Gasteiger partial charge in [0.05, 0.1) is 6.10 Å². The number of hydrogen-bond donors (Lipinski definition) is 1. The molecule has 1 saturated carbocycles. The maximum Gasteiger partial charge on any atom is 0.242 e. The smallest absolute Gasteiger partial charge is 0.242 e. The minimum absolute atomic E-state index is 0.202. The zero-order valence-electron chi connectivity index (χ0n) is 11.6. The van der Waals surface area contributed by atoms with Crippen LogP contribution in [0, 0.1) is 0 Å².